The number of benzene rings is 4. The van der Waals surface area contributed by atoms with E-state index in [0.717, 1.165) is 22.4 Å². The van der Waals surface area contributed by atoms with Crippen LogP contribution in [-0.4, -0.2) is 92.4 Å². The van der Waals surface area contributed by atoms with E-state index in [1.54, 1.807) is 55.6 Å². The van der Waals surface area contributed by atoms with Gasteiger partial charge in [-0.25, -0.2) is 8.42 Å². The number of sulfone groups is 1. The zero-order valence-electron chi connectivity index (χ0n) is 28.0. The third kappa shape index (κ3) is 26.5. The fourth-order valence-corrected chi connectivity index (χ4v) is 4.44. The van der Waals surface area contributed by atoms with Crippen molar-refractivity contribution in [2.45, 2.75) is 16.7 Å². The summed E-state index contributed by atoms with van der Waals surface area (Å²) in [5.41, 5.74) is 3.16. The summed E-state index contributed by atoms with van der Waals surface area (Å²) in [7, 11) is -16.6. The third-order valence-electron chi connectivity index (χ3n) is 4.98. The number of hydrogen-bond donors (Lipinski definition) is 4. The van der Waals surface area contributed by atoms with Crippen molar-refractivity contribution in [3.63, 3.8) is 0 Å². The molecule has 0 heterocycles. The fourth-order valence-electron chi connectivity index (χ4n) is 3.18. The van der Waals surface area contributed by atoms with E-state index in [0.29, 0.717) is 36.5 Å². The van der Waals surface area contributed by atoms with E-state index in [9.17, 15) is 42.1 Å². The Hall–Kier alpha value is -3.93. The molecule has 4 aromatic rings. The van der Waals surface area contributed by atoms with Crippen LogP contribution < -0.4 is 9.47 Å². The van der Waals surface area contributed by atoms with Crippen molar-refractivity contribution < 1.29 is 69.8 Å². The molecule has 0 saturated heterocycles. The molecule has 4 aromatic carbocycles. The molecule has 0 fully saturated rings. The van der Waals surface area contributed by atoms with E-state index in [1.807, 2.05) is 55.5 Å². The quantitative estimate of drug-likeness (QED) is 0.197. The maximum Gasteiger partial charge on any atom is 0.261 e. The topological polar surface area (TPSA) is 270 Å². The van der Waals surface area contributed by atoms with Gasteiger partial charge in [0.05, 0.1) is 41.9 Å². The van der Waals surface area contributed by atoms with Crippen molar-refractivity contribution in [2.24, 2.45) is 0 Å². The summed E-state index contributed by atoms with van der Waals surface area (Å²) in [5, 5.41) is 0. The van der Waals surface area contributed by atoms with Crippen molar-refractivity contribution in [3.05, 3.63) is 103 Å². The Balaban J connectivity index is 0.00000102. The Labute approximate surface area is 298 Å². The molecule has 0 amide bonds. The maximum absolute atomic E-state index is 12.8. The summed E-state index contributed by atoms with van der Waals surface area (Å²) in [6.07, 6.45) is 2.86. The molecule has 0 spiro atoms. The Morgan fingerprint density at radius 1 is 0.412 bits per heavy atom. The molecule has 0 unspecified atom stereocenters. The molecule has 0 aliphatic carbocycles. The molecular weight excluding hydrogens is 777 g/mol. The van der Waals surface area contributed by atoms with Gasteiger partial charge in [0.25, 0.3) is 40.5 Å². The Morgan fingerprint density at radius 3 is 0.922 bits per heavy atom. The van der Waals surface area contributed by atoms with Crippen molar-refractivity contribution in [1.29, 1.82) is 0 Å². The average Bonchev–Trinajstić information content (AvgIpc) is 2.95. The standard InChI is InChI=1S/C26H22O4S.4CH4O3S/c1-19-3-15-25(16-4-19)31(27,28)26-17-13-24(14-18-26)30-23-11-7-21(8-12-23)20-5-9-22(29-2)10-6-20;4*1-5(2,3)4/h3-18H,1-2H3;4*1H3,(H,2,3,4). The van der Waals surface area contributed by atoms with Gasteiger partial charge < -0.3 is 9.47 Å². The minimum atomic E-state index is -3.67. The van der Waals surface area contributed by atoms with E-state index in [2.05, 4.69) is 0 Å². The van der Waals surface area contributed by atoms with Crippen LogP contribution in [0.1, 0.15) is 5.56 Å². The first-order valence-corrected chi connectivity index (χ1v) is 22.4. The van der Waals surface area contributed by atoms with Gasteiger partial charge in [-0.15, -0.1) is 0 Å². The van der Waals surface area contributed by atoms with Crippen LogP contribution in [0.2, 0.25) is 0 Å². The van der Waals surface area contributed by atoms with Gasteiger partial charge in [0.2, 0.25) is 9.84 Å². The normalized spacial score (nSPS) is 11.3. The van der Waals surface area contributed by atoms with E-state index < -0.39 is 50.3 Å². The van der Waals surface area contributed by atoms with Gasteiger partial charge in [0.1, 0.15) is 17.2 Å². The van der Waals surface area contributed by atoms with Gasteiger partial charge in [0.15, 0.2) is 0 Å². The largest absolute Gasteiger partial charge is 0.497 e. The van der Waals surface area contributed by atoms with Crippen LogP contribution in [0.25, 0.3) is 11.1 Å². The second kappa shape index (κ2) is 20.2. The Kier molecular flexibility index (Phi) is 18.6. The molecule has 0 aromatic heterocycles. The zero-order chi connectivity index (χ0) is 39.8. The Bertz CT molecular complexity index is 2060. The van der Waals surface area contributed by atoms with Gasteiger partial charge in [-0.2, -0.15) is 33.7 Å². The lowest BCUT2D eigenvalue weighted by atomic mass is 10.1. The average molecular weight is 815 g/mol. The molecule has 51 heavy (non-hydrogen) atoms. The van der Waals surface area contributed by atoms with Gasteiger partial charge in [-0.05, 0) is 78.7 Å². The highest BCUT2D eigenvalue weighted by atomic mass is 32.2. The lowest BCUT2D eigenvalue weighted by Crippen LogP contribution is -2.01. The first kappa shape index (κ1) is 47.1. The zero-order valence-corrected chi connectivity index (χ0v) is 32.0. The van der Waals surface area contributed by atoms with Crippen LogP contribution in [0.5, 0.6) is 17.2 Å². The molecular formula is C30H38O16S5. The summed E-state index contributed by atoms with van der Waals surface area (Å²) < 4.78 is 140. The second-order valence-electron chi connectivity index (χ2n) is 10.1. The number of methoxy groups -OCH3 is 1. The summed E-state index contributed by atoms with van der Waals surface area (Å²) in [4.78, 5) is 0.513. The van der Waals surface area contributed by atoms with Gasteiger partial charge in [-0.3, -0.25) is 18.2 Å². The molecule has 0 radical (unpaired) electrons. The molecule has 0 bridgehead atoms. The summed E-state index contributed by atoms with van der Waals surface area (Å²) in [6.45, 7) is 1.92. The molecule has 0 aliphatic heterocycles. The molecule has 21 heteroatoms. The highest BCUT2D eigenvalue weighted by molar-refractivity contribution is 7.91. The summed E-state index contributed by atoms with van der Waals surface area (Å²) in [6, 6.07) is 28.9. The molecule has 16 nitrogen and oxygen atoms in total. The van der Waals surface area contributed by atoms with E-state index >= 15 is 0 Å². The number of rotatable bonds is 6. The predicted molar refractivity (Wildman–Crippen MR) is 191 cm³/mol. The summed E-state index contributed by atoms with van der Waals surface area (Å²) in [5.74, 6) is 2.06. The van der Waals surface area contributed by atoms with E-state index in [1.165, 1.54) is 0 Å². The molecule has 4 rings (SSSR count). The predicted octanol–water partition coefficient (Wildman–Crippen LogP) is 4.31. The van der Waals surface area contributed by atoms with Gasteiger partial charge in [-0.1, -0.05) is 42.0 Å². The number of aryl methyl sites for hydroxylation is 1. The fraction of sp³-hybridized carbons (Fsp3) is 0.200. The molecule has 0 aliphatic rings. The highest BCUT2D eigenvalue weighted by Crippen LogP contribution is 2.29. The van der Waals surface area contributed by atoms with Crippen LogP contribution >= 0.6 is 0 Å². The first-order valence-electron chi connectivity index (χ1n) is 13.5. The Morgan fingerprint density at radius 2 is 0.647 bits per heavy atom. The van der Waals surface area contributed by atoms with Crippen LogP contribution in [-0.2, 0) is 50.3 Å². The van der Waals surface area contributed by atoms with E-state index in [4.69, 9.17) is 27.7 Å². The summed E-state index contributed by atoms with van der Waals surface area (Å²) >= 11 is 0. The smallest absolute Gasteiger partial charge is 0.261 e. The monoisotopic (exact) mass is 814 g/mol. The van der Waals surface area contributed by atoms with Crippen molar-refractivity contribution in [3.8, 4) is 28.4 Å². The van der Waals surface area contributed by atoms with E-state index in [-0.39, 0.29) is 9.79 Å². The molecule has 4 N–H and O–H groups in total. The molecule has 284 valence electrons. The van der Waals surface area contributed by atoms with Gasteiger partial charge in [0, 0.05) is 0 Å². The minimum Gasteiger partial charge on any atom is -0.497 e. The maximum atomic E-state index is 12.8. The van der Waals surface area contributed by atoms with Crippen LogP contribution in [0.3, 0.4) is 0 Å². The number of ether oxygens (including phenoxy) is 2. The first-order chi connectivity index (χ1) is 23.0. The third-order valence-corrected chi connectivity index (χ3v) is 6.76. The van der Waals surface area contributed by atoms with Crippen LogP contribution in [0, 0.1) is 6.92 Å². The van der Waals surface area contributed by atoms with Crippen molar-refractivity contribution >= 4 is 50.3 Å². The number of hydrogen-bond acceptors (Lipinski definition) is 12. The second-order valence-corrected chi connectivity index (χ2v) is 17.9. The lowest BCUT2D eigenvalue weighted by molar-refractivity contribution is 0.415. The van der Waals surface area contributed by atoms with Crippen LogP contribution in [0.15, 0.2) is 107 Å². The SMILES string of the molecule is COc1ccc(-c2ccc(Oc3ccc(S(=O)(=O)c4ccc(C)cc4)cc3)cc2)cc1.CS(=O)(=O)O.CS(=O)(=O)O.CS(=O)(=O)O.CS(=O)(=O)O. The highest BCUT2D eigenvalue weighted by Gasteiger charge is 2.17. The minimum absolute atomic E-state index is 0.235. The lowest BCUT2D eigenvalue weighted by Gasteiger charge is -2.09. The molecule has 0 atom stereocenters. The molecule has 0 saturated carbocycles. The van der Waals surface area contributed by atoms with Crippen molar-refractivity contribution in [2.75, 3.05) is 32.1 Å². The van der Waals surface area contributed by atoms with Gasteiger partial charge >= 0.3 is 0 Å². The van der Waals surface area contributed by atoms with Crippen molar-refractivity contribution in [1.82, 2.24) is 0 Å². The van der Waals surface area contributed by atoms with Crippen LogP contribution in [0.4, 0.5) is 0 Å².